The molecule has 0 fully saturated rings. The number of halogens is 1. The van der Waals surface area contributed by atoms with Gasteiger partial charge in [0, 0.05) is 19.6 Å². The number of benzene rings is 1. The van der Waals surface area contributed by atoms with E-state index in [2.05, 4.69) is 41.6 Å². The first kappa shape index (κ1) is 21.0. The molecule has 1 aromatic carbocycles. The summed E-state index contributed by atoms with van der Waals surface area (Å²) in [5.41, 5.74) is 1.21. The van der Waals surface area contributed by atoms with E-state index in [1.165, 1.54) is 31.2 Å². The van der Waals surface area contributed by atoms with Gasteiger partial charge in [-0.2, -0.15) is 0 Å². The van der Waals surface area contributed by atoms with Crippen LogP contribution in [0.3, 0.4) is 0 Å². The van der Waals surface area contributed by atoms with Crippen molar-refractivity contribution in [2.45, 2.75) is 52.1 Å². The topological polar surface area (TPSA) is 45.7 Å². The molecule has 5 heteroatoms. The molecule has 0 aromatic heterocycles. The molecule has 0 aliphatic heterocycles. The molecule has 0 saturated carbocycles. The van der Waals surface area contributed by atoms with Crippen molar-refractivity contribution in [3.05, 3.63) is 29.8 Å². The van der Waals surface area contributed by atoms with Crippen LogP contribution in [0.15, 0.2) is 29.3 Å². The molecule has 22 heavy (non-hydrogen) atoms. The molecule has 0 aliphatic carbocycles. The molecule has 2 N–H and O–H groups in total. The highest BCUT2D eigenvalue weighted by Gasteiger charge is 2.04. The van der Waals surface area contributed by atoms with Gasteiger partial charge in [0.25, 0.3) is 0 Å². The molecular weight excluding hydrogens is 389 g/mol. The van der Waals surface area contributed by atoms with Crippen molar-refractivity contribution >= 4 is 29.9 Å². The standard InChI is InChI=1S/C17H29N3O.HI/c1-5-6-7-8-14(2)20-17(18-3)19-13-15-9-11-16(21-4)12-10-15;/h9-12,14H,5-8,13H2,1-4H3,(H2,18,19,20);1H. The molecule has 4 nitrogen and oxygen atoms in total. The van der Waals surface area contributed by atoms with Crippen LogP contribution < -0.4 is 15.4 Å². The van der Waals surface area contributed by atoms with Crippen molar-refractivity contribution in [3.63, 3.8) is 0 Å². The van der Waals surface area contributed by atoms with Crippen molar-refractivity contribution in [1.82, 2.24) is 10.6 Å². The predicted molar refractivity (Wildman–Crippen MR) is 105 cm³/mol. The number of rotatable bonds is 8. The van der Waals surface area contributed by atoms with Gasteiger partial charge in [-0.3, -0.25) is 4.99 Å². The van der Waals surface area contributed by atoms with Crippen LogP contribution in [0.2, 0.25) is 0 Å². The van der Waals surface area contributed by atoms with E-state index < -0.39 is 0 Å². The number of methoxy groups -OCH3 is 1. The third-order valence-electron chi connectivity index (χ3n) is 3.47. The summed E-state index contributed by atoms with van der Waals surface area (Å²) in [5, 5.41) is 6.78. The van der Waals surface area contributed by atoms with Gasteiger partial charge in [0.15, 0.2) is 5.96 Å². The summed E-state index contributed by atoms with van der Waals surface area (Å²) >= 11 is 0. The van der Waals surface area contributed by atoms with Crippen LogP contribution in [0.5, 0.6) is 5.75 Å². The second-order valence-corrected chi connectivity index (χ2v) is 5.32. The van der Waals surface area contributed by atoms with Crippen LogP contribution in [-0.2, 0) is 6.54 Å². The van der Waals surface area contributed by atoms with Gasteiger partial charge in [0.2, 0.25) is 0 Å². The zero-order valence-electron chi connectivity index (χ0n) is 14.2. The maximum atomic E-state index is 5.16. The lowest BCUT2D eigenvalue weighted by Crippen LogP contribution is -2.41. The summed E-state index contributed by atoms with van der Waals surface area (Å²) in [6, 6.07) is 8.51. The van der Waals surface area contributed by atoms with Crippen molar-refractivity contribution in [1.29, 1.82) is 0 Å². The van der Waals surface area contributed by atoms with E-state index in [9.17, 15) is 0 Å². The SMILES string of the molecule is CCCCCC(C)NC(=NC)NCc1ccc(OC)cc1.I. The van der Waals surface area contributed by atoms with E-state index in [4.69, 9.17) is 4.74 Å². The molecule has 1 aromatic rings. The molecule has 1 unspecified atom stereocenters. The Morgan fingerprint density at radius 2 is 1.91 bits per heavy atom. The molecule has 0 radical (unpaired) electrons. The zero-order chi connectivity index (χ0) is 15.5. The molecule has 0 bridgehead atoms. The van der Waals surface area contributed by atoms with Gasteiger partial charge in [-0.25, -0.2) is 0 Å². The van der Waals surface area contributed by atoms with Crippen LogP contribution in [0.25, 0.3) is 0 Å². The van der Waals surface area contributed by atoms with Crippen molar-refractivity contribution < 1.29 is 4.74 Å². The quantitative estimate of drug-likeness (QED) is 0.290. The van der Waals surface area contributed by atoms with Crippen LogP contribution in [0, 0.1) is 0 Å². The van der Waals surface area contributed by atoms with E-state index >= 15 is 0 Å². The minimum atomic E-state index is 0. The van der Waals surface area contributed by atoms with Crippen LogP contribution in [0.1, 0.15) is 45.1 Å². The molecule has 0 heterocycles. The monoisotopic (exact) mass is 419 g/mol. The van der Waals surface area contributed by atoms with Gasteiger partial charge < -0.3 is 15.4 Å². The average molecular weight is 419 g/mol. The summed E-state index contributed by atoms with van der Waals surface area (Å²) in [7, 11) is 3.49. The number of aliphatic imine (C=N–C) groups is 1. The van der Waals surface area contributed by atoms with E-state index in [0.29, 0.717) is 6.04 Å². The number of nitrogens with one attached hydrogen (secondary N) is 2. The summed E-state index contributed by atoms with van der Waals surface area (Å²) in [4.78, 5) is 4.27. The minimum Gasteiger partial charge on any atom is -0.497 e. The van der Waals surface area contributed by atoms with Gasteiger partial charge in [0.1, 0.15) is 5.75 Å². The Bertz CT molecular complexity index is 420. The maximum absolute atomic E-state index is 5.16. The summed E-state index contributed by atoms with van der Waals surface area (Å²) in [6.45, 7) is 5.19. The summed E-state index contributed by atoms with van der Waals surface area (Å²) < 4.78 is 5.16. The fraction of sp³-hybridized carbons (Fsp3) is 0.588. The molecule has 0 amide bonds. The van der Waals surface area contributed by atoms with Crippen LogP contribution in [-0.4, -0.2) is 26.2 Å². The van der Waals surface area contributed by atoms with E-state index in [1.54, 1.807) is 7.11 Å². The molecule has 1 rings (SSSR count). The second-order valence-electron chi connectivity index (χ2n) is 5.32. The molecule has 0 spiro atoms. The molecule has 0 saturated heterocycles. The Balaban J connectivity index is 0.00000441. The molecular formula is C17H30IN3O. The number of hydrogen-bond donors (Lipinski definition) is 2. The Hall–Kier alpha value is -0.980. The number of guanidine groups is 1. The molecule has 1 atom stereocenters. The van der Waals surface area contributed by atoms with E-state index in [0.717, 1.165) is 18.3 Å². The number of nitrogens with zero attached hydrogens (tertiary/aromatic N) is 1. The first-order valence-electron chi connectivity index (χ1n) is 7.79. The van der Waals surface area contributed by atoms with E-state index in [1.807, 2.05) is 19.2 Å². The van der Waals surface area contributed by atoms with Gasteiger partial charge in [0.05, 0.1) is 7.11 Å². The molecule has 126 valence electrons. The highest BCUT2D eigenvalue weighted by atomic mass is 127. The smallest absolute Gasteiger partial charge is 0.191 e. The lowest BCUT2D eigenvalue weighted by molar-refractivity contribution is 0.414. The Morgan fingerprint density at radius 3 is 2.45 bits per heavy atom. The summed E-state index contributed by atoms with van der Waals surface area (Å²) in [6.07, 6.45) is 5.00. The van der Waals surface area contributed by atoms with Crippen molar-refractivity contribution in [2.24, 2.45) is 4.99 Å². The highest BCUT2D eigenvalue weighted by molar-refractivity contribution is 14.0. The first-order valence-corrected chi connectivity index (χ1v) is 7.79. The number of unbranched alkanes of at least 4 members (excludes halogenated alkanes) is 2. The fourth-order valence-corrected chi connectivity index (χ4v) is 2.13. The van der Waals surface area contributed by atoms with Crippen molar-refractivity contribution in [3.8, 4) is 5.75 Å². The first-order chi connectivity index (χ1) is 10.2. The maximum Gasteiger partial charge on any atom is 0.191 e. The lowest BCUT2D eigenvalue weighted by Gasteiger charge is -2.18. The average Bonchev–Trinajstić information content (AvgIpc) is 2.52. The van der Waals surface area contributed by atoms with Gasteiger partial charge in [-0.05, 0) is 31.0 Å². The van der Waals surface area contributed by atoms with E-state index in [-0.39, 0.29) is 24.0 Å². The minimum absolute atomic E-state index is 0. The highest BCUT2D eigenvalue weighted by Crippen LogP contribution is 2.10. The molecule has 0 aliphatic rings. The third-order valence-corrected chi connectivity index (χ3v) is 3.47. The van der Waals surface area contributed by atoms with Crippen molar-refractivity contribution in [2.75, 3.05) is 14.2 Å². The Morgan fingerprint density at radius 1 is 1.23 bits per heavy atom. The number of hydrogen-bond acceptors (Lipinski definition) is 2. The van der Waals surface area contributed by atoms with Crippen LogP contribution in [0.4, 0.5) is 0 Å². The fourth-order valence-electron chi connectivity index (χ4n) is 2.13. The number of ether oxygens (including phenoxy) is 1. The second kappa shape index (κ2) is 12.6. The third kappa shape index (κ3) is 8.46. The Kier molecular flexibility index (Phi) is 12.0. The zero-order valence-corrected chi connectivity index (χ0v) is 16.5. The Labute approximate surface area is 152 Å². The summed E-state index contributed by atoms with van der Waals surface area (Å²) in [5.74, 6) is 1.74. The van der Waals surface area contributed by atoms with Crippen LogP contribution >= 0.6 is 24.0 Å². The largest absolute Gasteiger partial charge is 0.497 e. The van der Waals surface area contributed by atoms with Gasteiger partial charge >= 0.3 is 0 Å². The lowest BCUT2D eigenvalue weighted by atomic mass is 10.1. The van der Waals surface area contributed by atoms with Gasteiger partial charge in [-0.1, -0.05) is 38.3 Å². The predicted octanol–water partition coefficient (Wildman–Crippen LogP) is 3.95. The van der Waals surface area contributed by atoms with Gasteiger partial charge in [-0.15, -0.1) is 24.0 Å². The normalized spacial score (nSPS) is 12.3.